The number of aromatic hydroxyl groups is 1. The number of hydrogen-bond donors (Lipinski definition) is 2. The lowest BCUT2D eigenvalue weighted by molar-refractivity contribution is 0.469. The van der Waals surface area contributed by atoms with Crippen molar-refractivity contribution in [1.82, 2.24) is 4.57 Å². The number of aryl methyl sites for hydroxylation is 1. The van der Waals surface area contributed by atoms with Gasteiger partial charge in [0.05, 0.1) is 0 Å². The van der Waals surface area contributed by atoms with Crippen LogP contribution in [0.2, 0.25) is 0 Å². The highest BCUT2D eigenvalue weighted by Gasteiger charge is 2.02. The summed E-state index contributed by atoms with van der Waals surface area (Å²) >= 11 is 0. The van der Waals surface area contributed by atoms with Gasteiger partial charge >= 0.3 is 0 Å². The number of nitrogens with one attached hydrogen (secondary N) is 1. The van der Waals surface area contributed by atoms with Crippen molar-refractivity contribution >= 4 is 5.69 Å². The normalized spacial score (nSPS) is 10.5. The molecule has 3 nitrogen and oxygen atoms in total. The van der Waals surface area contributed by atoms with Gasteiger partial charge in [0, 0.05) is 35.9 Å². The van der Waals surface area contributed by atoms with Gasteiger partial charge in [-0.3, -0.25) is 0 Å². The third kappa shape index (κ3) is 3.08. The standard InChI is InChI=1S/C18H18N2O/c1-14-7-8-18(21)15(11-14)13-19-16-5-4-6-17(12-16)20-9-2-3-10-20/h2-12,19,21H,13H2,1H3. The molecule has 21 heavy (non-hydrogen) atoms. The van der Waals surface area contributed by atoms with E-state index >= 15 is 0 Å². The van der Waals surface area contributed by atoms with Crippen molar-refractivity contribution < 1.29 is 5.11 Å². The van der Waals surface area contributed by atoms with Crippen LogP contribution in [0, 0.1) is 6.92 Å². The van der Waals surface area contributed by atoms with Crippen molar-refractivity contribution in [3.8, 4) is 11.4 Å². The van der Waals surface area contributed by atoms with Crippen molar-refractivity contribution in [3.63, 3.8) is 0 Å². The van der Waals surface area contributed by atoms with E-state index in [1.807, 2.05) is 55.7 Å². The van der Waals surface area contributed by atoms with E-state index in [9.17, 15) is 5.11 Å². The maximum absolute atomic E-state index is 9.87. The lowest BCUT2D eigenvalue weighted by Crippen LogP contribution is -2.01. The van der Waals surface area contributed by atoms with Gasteiger partial charge in [-0.05, 0) is 43.3 Å². The van der Waals surface area contributed by atoms with Gasteiger partial charge in [-0.15, -0.1) is 0 Å². The molecule has 3 heteroatoms. The van der Waals surface area contributed by atoms with Crippen molar-refractivity contribution in [1.29, 1.82) is 0 Å². The molecule has 2 N–H and O–H groups in total. The third-order valence-electron chi connectivity index (χ3n) is 3.47. The van der Waals surface area contributed by atoms with E-state index in [-0.39, 0.29) is 0 Å². The number of benzene rings is 2. The Balaban J connectivity index is 1.76. The van der Waals surface area contributed by atoms with Crippen LogP contribution in [-0.2, 0) is 6.54 Å². The fraction of sp³-hybridized carbons (Fsp3) is 0.111. The maximum Gasteiger partial charge on any atom is 0.120 e. The number of nitrogens with zero attached hydrogens (tertiary/aromatic N) is 1. The van der Waals surface area contributed by atoms with Gasteiger partial charge in [0.15, 0.2) is 0 Å². The second-order valence-electron chi connectivity index (χ2n) is 5.13. The average Bonchev–Trinajstić information content (AvgIpc) is 3.03. The molecule has 1 aromatic heterocycles. The molecule has 0 saturated heterocycles. The zero-order valence-electron chi connectivity index (χ0n) is 12.0. The minimum Gasteiger partial charge on any atom is -0.508 e. The van der Waals surface area contributed by atoms with Crippen LogP contribution in [0.15, 0.2) is 67.0 Å². The first-order chi connectivity index (χ1) is 10.2. The molecule has 3 rings (SSSR count). The number of anilines is 1. The molecule has 0 amide bonds. The highest BCUT2D eigenvalue weighted by atomic mass is 16.3. The second-order valence-corrected chi connectivity index (χ2v) is 5.13. The number of hydrogen-bond acceptors (Lipinski definition) is 2. The number of aromatic nitrogens is 1. The Morgan fingerprint density at radius 2 is 1.81 bits per heavy atom. The Morgan fingerprint density at radius 1 is 1.00 bits per heavy atom. The summed E-state index contributed by atoms with van der Waals surface area (Å²) in [4.78, 5) is 0. The maximum atomic E-state index is 9.87. The summed E-state index contributed by atoms with van der Waals surface area (Å²) in [6.45, 7) is 2.62. The molecule has 0 fully saturated rings. The molecular weight excluding hydrogens is 260 g/mol. The van der Waals surface area contributed by atoms with Crippen LogP contribution in [0.4, 0.5) is 5.69 Å². The highest BCUT2D eigenvalue weighted by Crippen LogP contribution is 2.21. The Bertz CT molecular complexity index is 733. The summed E-state index contributed by atoms with van der Waals surface area (Å²) in [5.41, 5.74) is 4.19. The summed E-state index contributed by atoms with van der Waals surface area (Å²) in [5, 5.41) is 13.2. The molecule has 0 aliphatic heterocycles. The molecular formula is C18H18N2O. The first kappa shape index (κ1) is 13.3. The van der Waals surface area contributed by atoms with Crippen LogP contribution in [0.5, 0.6) is 5.75 Å². The fourth-order valence-electron chi connectivity index (χ4n) is 2.34. The van der Waals surface area contributed by atoms with E-state index in [0.29, 0.717) is 12.3 Å². The second kappa shape index (κ2) is 5.75. The average molecular weight is 278 g/mol. The Labute approximate surface area is 124 Å². The fourth-order valence-corrected chi connectivity index (χ4v) is 2.34. The summed E-state index contributed by atoms with van der Waals surface area (Å²) in [6.07, 6.45) is 4.04. The largest absolute Gasteiger partial charge is 0.508 e. The van der Waals surface area contributed by atoms with Crippen molar-refractivity contribution in [3.05, 3.63) is 78.1 Å². The van der Waals surface area contributed by atoms with Crippen molar-refractivity contribution in [2.45, 2.75) is 13.5 Å². The molecule has 0 saturated carbocycles. The molecule has 1 heterocycles. The summed E-state index contributed by atoms with van der Waals surface area (Å²) in [7, 11) is 0. The van der Waals surface area contributed by atoms with Crippen LogP contribution in [0.1, 0.15) is 11.1 Å². The first-order valence-electron chi connectivity index (χ1n) is 6.98. The molecule has 0 bridgehead atoms. The minimum atomic E-state index is 0.328. The zero-order chi connectivity index (χ0) is 14.7. The van der Waals surface area contributed by atoms with Gasteiger partial charge in [0.2, 0.25) is 0 Å². The lowest BCUT2D eigenvalue weighted by atomic mass is 10.1. The molecule has 0 unspecified atom stereocenters. The van der Waals surface area contributed by atoms with Crippen LogP contribution >= 0.6 is 0 Å². The quantitative estimate of drug-likeness (QED) is 0.753. The molecule has 0 aliphatic carbocycles. The van der Waals surface area contributed by atoms with Gasteiger partial charge in [-0.25, -0.2) is 0 Å². The Hall–Kier alpha value is -2.68. The van der Waals surface area contributed by atoms with Crippen LogP contribution in [-0.4, -0.2) is 9.67 Å². The molecule has 0 aliphatic rings. The zero-order valence-corrected chi connectivity index (χ0v) is 12.0. The predicted molar refractivity (Wildman–Crippen MR) is 85.9 cm³/mol. The summed E-state index contributed by atoms with van der Waals surface area (Å²) < 4.78 is 2.06. The molecule has 0 radical (unpaired) electrons. The van der Waals surface area contributed by atoms with E-state index in [4.69, 9.17) is 0 Å². The monoisotopic (exact) mass is 278 g/mol. The molecule has 2 aromatic carbocycles. The van der Waals surface area contributed by atoms with E-state index in [0.717, 1.165) is 22.5 Å². The highest BCUT2D eigenvalue weighted by molar-refractivity contribution is 5.52. The smallest absolute Gasteiger partial charge is 0.120 e. The van der Waals surface area contributed by atoms with Gasteiger partial charge in [-0.2, -0.15) is 0 Å². The third-order valence-corrected chi connectivity index (χ3v) is 3.47. The van der Waals surface area contributed by atoms with Crippen LogP contribution < -0.4 is 5.32 Å². The summed E-state index contributed by atoms with van der Waals surface area (Å²) in [5.74, 6) is 0.328. The Morgan fingerprint density at radius 3 is 2.62 bits per heavy atom. The van der Waals surface area contributed by atoms with E-state index in [2.05, 4.69) is 22.0 Å². The minimum absolute atomic E-state index is 0.328. The van der Waals surface area contributed by atoms with Gasteiger partial charge < -0.3 is 15.0 Å². The van der Waals surface area contributed by atoms with Crippen molar-refractivity contribution in [2.24, 2.45) is 0 Å². The number of rotatable bonds is 4. The van der Waals surface area contributed by atoms with E-state index < -0.39 is 0 Å². The molecule has 0 spiro atoms. The molecule has 0 atom stereocenters. The molecule has 106 valence electrons. The SMILES string of the molecule is Cc1ccc(O)c(CNc2cccc(-n3cccc3)c2)c1. The first-order valence-corrected chi connectivity index (χ1v) is 6.98. The predicted octanol–water partition coefficient (Wildman–Crippen LogP) is 4.10. The number of phenolic OH excluding ortho intramolecular Hbond substituents is 1. The molecule has 3 aromatic rings. The van der Waals surface area contributed by atoms with Gasteiger partial charge in [0.1, 0.15) is 5.75 Å². The van der Waals surface area contributed by atoms with Crippen LogP contribution in [0.25, 0.3) is 5.69 Å². The van der Waals surface area contributed by atoms with E-state index in [1.165, 1.54) is 0 Å². The van der Waals surface area contributed by atoms with Gasteiger partial charge in [0.25, 0.3) is 0 Å². The summed E-state index contributed by atoms with van der Waals surface area (Å²) in [6, 6.07) is 17.9. The van der Waals surface area contributed by atoms with Crippen molar-refractivity contribution in [2.75, 3.05) is 5.32 Å². The van der Waals surface area contributed by atoms with E-state index in [1.54, 1.807) is 6.07 Å². The topological polar surface area (TPSA) is 37.2 Å². The van der Waals surface area contributed by atoms with Gasteiger partial charge in [-0.1, -0.05) is 23.8 Å². The van der Waals surface area contributed by atoms with Crippen LogP contribution in [0.3, 0.4) is 0 Å². The number of phenols is 1. The lowest BCUT2D eigenvalue weighted by Gasteiger charge is -2.11. The Kier molecular flexibility index (Phi) is 3.65.